The van der Waals surface area contributed by atoms with Crippen LogP contribution in [0.15, 0.2) is 50.9 Å². The van der Waals surface area contributed by atoms with Crippen LogP contribution >= 0.6 is 23.4 Å². The van der Waals surface area contributed by atoms with Gasteiger partial charge in [0.1, 0.15) is 5.52 Å². The number of carbonyl (C=O) groups is 1. The molecule has 9 nitrogen and oxygen atoms in total. The first-order chi connectivity index (χ1) is 13.7. The van der Waals surface area contributed by atoms with Crippen LogP contribution in [0.4, 0.5) is 11.4 Å². The van der Waals surface area contributed by atoms with Crippen LogP contribution in [0, 0.1) is 10.1 Å². The van der Waals surface area contributed by atoms with Gasteiger partial charge in [-0.15, -0.1) is 0 Å². The van der Waals surface area contributed by atoms with E-state index < -0.39 is 20.7 Å². The summed E-state index contributed by atoms with van der Waals surface area (Å²) in [4.78, 5) is 26.6. The Bertz CT molecular complexity index is 1210. The molecule has 0 saturated heterocycles. The van der Waals surface area contributed by atoms with Crippen molar-refractivity contribution in [2.24, 2.45) is 0 Å². The third-order valence-corrected chi connectivity index (χ3v) is 6.72. The van der Waals surface area contributed by atoms with Crippen molar-refractivity contribution in [3.8, 4) is 0 Å². The smallest absolute Gasteiger partial charge is 0.271 e. The van der Waals surface area contributed by atoms with E-state index in [2.05, 4.69) is 10.3 Å². The maximum Gasteiger partial charge on any atom is 0.271 e. The van der Waals surface area contributed by atoms with E-state index in [1.165, 1.54) is 30.3 Å². The lowest BCUT2D eigenvalue weighted by molar-refractivity contribution is -0.384. The van der Waals surface area contributed by atoms with Gasteiger partial charge < -0.3 is 9.73 Å². The van der Waals surface area contributed by atoms with Gasteiger partial charge >= 0.3 is 0 Å². The summed E-state index contributed by atoms with van der Waals surface area (Å²) >= 11 is 6.96. The molecule has 1 heterocycles. The van der Waals surface area contributed by atoms with Crippen LogP contribution < -0.4 is 5.32 Å². The number of non-ortho nitro benzene ring substituents is 1. The molecule has 12 heteroatoms. The average Bonchev–Trinajstić information content (AvgIpc) is 3.10. The largest absolute Gasteiger partial charge is 0.431 e. The number of aromatic nitrogens is 1. The van der Waals surface area contributed by atoms with Crippen LogP contribution in [-0.4, -0.2) is 35.7 Å². The predicted molar refractivity (Wildman–Crippen MR) is 109 cm³/mol. The Balaban J connectivity index is 1.67. The van der Waals surface area contributed by atoms with Crippen molar-refractivity contribution in [2.45, 2.75) is 17.0 Å². The zero-order valence-electron chi connectivity index (χ0n) is 14.9. The Morgan fingerprint density at radius 3 is 2.72 bits per heavy atom. The molecule has 3 aromatic rings. The molecule has 2 aromatic carbocycles. The zero-order chi connectivity index (χ0) is 21.2. The monoisotopic (exact) mass is 455 g/mol. The summed E-state index contributed by atoms with van der Waals surface area (Å²) in [6.45, 7) is 1.55. The van der Waals surface area contributed by atoms with E-state index in [4.69, 9.17) is 16.0 Å². The van der Waals surface area contributed by atoms with Crippen LogP contribution in [0.3, 0.4) is 0 Å². The van der Waals surface area contributed by atoms with Gasteiger partial charge in [0.25, 0.3) is 10.9 Å². The Morgan fingerprint density at radius 1 is 1.31 bits per heavy atom. The standard InChI is InChI=1S/C17H14ClN3O6S2/c1-2-29(25,26)11-4-6-15-14(8-11)20-17(27-15)28-9-16(22)19-13-5-3-10(21(23)24)7-12(13)18/h3-8H,2,9H2,1H3,(H,19,22). The fourth-order valence-electron chi connectivity index (χ4n) is 2.34. The highest BCUT2D eigenvalue weighted by Crippen LogP contribution is 2.28. The molecule has 1 amide bonds. The van der Waals surface area contributed by atoms with Gasteiger partial charge in [0.2, 0.25) is 5.91 Å². The minimum absolute atomic E-state index is 0.0245. The number of rotatable bonds is 7. The van der Waals surface area contributed by atoms with Crippen LogP contribution in [0.2, 0.25) is 5.02 Å². The van der Waals surface area contributed by atoms with Crippen molar-refractivity contribution in [1.29, 1.82) is 0 Å². The van der Waals surface area contributed by atoms with Gasteiger partial charge in [-0.3, -0.25) is 14.9 Å². The van der Waals surface area contributed by atoms with E-state index >= 15 is 0 Å². The van der Waals surface area contributed by atoms with E-state index in [1.54, 1.807) is 6.92 Å². The zero-order valence-corrected chi connectivity index (χ0v) is 17.3. The number of nitrogens with zero attached hydrogens (tertiary/aromatic N) is 2. The van der Waals surface area contributed by atoms with Crippen LogP contribution in [0.1, 0.15) is 6.92 Å². The molecule has 0 spiro atoms. The summed E-state index contributed by atoms with van der Waals surface area (Å²) < 4.78 is 29.4. The summed E-state index contributed by atoms with van der Waals surface area (Å²) in [6.07, 6.45) is 0. The highest BCUT2D eigenvalue weighted by Gasteiger charge is 2.16. The highest BCUT2D eigenvalue weighted by molar-refractivity contribution is 7.99. The molecule has 0 fully saturated rings. The number of benzene rings is 2. The van der Waals surface area contributed by atoms with E-state index in [-0.39, 0.29) is 38.0 Å². The number of amides is 1. The number of hydrogen-bond acceptors (Lipinski definition) is 8. The minimum Gasteiger partial charge on any atom is -0.431 e. The second-order valence-corrected chi connectivity index (χ2v) is 9.38. The third-order valence-electron chi connectivity index (χ3n) is 3.84. The molecule has 0 saturated carbocycles. The first-order valence-electron chi connectivity index (χ1n) is 8.19. The molecule has 29 heavy (non-hydrogen) atoms. The number of oxazole rings is 1. The summed E-state index contributed by atoms with van der Waals surface area (Å²) in [5, 5.41) is 13.5. The van der Waals surface area contributed by atoms with E-state index in [0.717, 1.165) is 17.8 Å². The number of fused-ring (bicyclic) bond motifs is 1. The molecule has 1 N–H and O–H groups in total. The molecule has 0 aliphatic rings. The molecule has 152 valence electrons. The van der Waals surface area contributed by atoms with Crippen molar-refractivity contribution in [2.75, 3.05) is 16.8 Å². The van der Waals surface area contributed by atoms with Crippen molar-refractivity contribution in [3.63, 3.8) is 0 Å². The number of nitro benzene ring substituents is 1. The second-order valence-electron chi connectivity index (χ2n) is 5.77. The summed E-state index contributed by atoms with van der Waals surface area (Å²) in [5.41, 5.74) is 0.843. The molecular weight excluding hydrogens is 442 g/mol. The predicted octanol–water partition coefficient (Wildman–Crippen LogP) is 3.91. The molecule has 0 bridgehead atoms. The second kappa shape index (κ2) is 8.39. The number of halogens is 1. The first-order valence-corrected chi connectivity index (χ1v) is 11.2. The van der Waals surface area contributed by atoms with Gasteiger partial charge in [-0.25, -0.2) is 13.4 Å². The Morgan fingerprint density at radius 2 is 2.07 bits per heavy atom. The van der Waals surface area contributed by atoms with Crippen molar-refractivity contribution in [3.05, 3.63) is 51.5 Å². The van der Waals surface area contributed by atoms with E-state index in [9.17, 15) is 23.3 Å². The fourth-order valence-corrected chi connectivity index (χ4v) is 4.10. The number of hydrogen-bond donors (Lipinski definition) is 1. The number of nitrogens with one attached hydrogen (secondary N) is 1. The Kier molecular flexibility index (Phi) is 6.10. The number of anilines is 1. The average molecular weight is 456 g/mol. The van der Waals surface area contributed by atoms with Gasteiger partial charge in [-0.05, 0) is 24.3 Å². The fraction of sp³-hybridized carbons (Fsp3) is 0.176. The van der Waals surface area contributed by atoms with Gasteiger partial charge in [0, 0.05) is 12.1 Å². The maximum absolute atomic E-state index is 12.1. The number of carbonyl (C=O) groups excluding carboxylic acids is 1. The Labute approximate surface area is 174 Å². The van der Waals surface area contributed by atoms with Gasteiger partial charge in [-0.1, -0.05) is 30.3 Å². The lowest BCUT2D eigenvalue weighted by Gasteiger charge is -2.06. The molecule has 0 aliphatic heterocycles. The molecule has 0 atom stereocenters. The quantitative estimate of drug-likeness (QED) is 0.322. The molecular formula is C17H14ClN3O6S2. The van der Waals surface area contributed by atoms with Crippen LogP contribution in [0.5, 0.6) is 0 Å². The highest BCUT2D eigenvalue weighted by atomic mass is 35.5. The molecule has 0 unspecified atom stereocenters. The van der Waals surface area contributed by atoms with Crippen LogP contribution in [0.25, 0.3) is 11.1 Å². The van der Waals surface area contributed by atoms with Gasteiger partial charge in [0.05, 0.1) is 32.0 Å². The van der Waals surface area contributed by atoms with Crippen molar-refractivity contribution >= 4 is 61.6 Å². The molecule has 0 aliphatic carbocycles. The maximum atomic E-state index is 12.1. The van der Waals surface area contributed by atoms with Gasteiger partial charge in [-0.2, -0.15) is 0 Å². The normalized spacial score (nSPS) is 11.5. The lowest BCUT2D eigenvalue weighted by Crippen LogP contribution is -2.14. The number of nitro groups is 1. The van der Waals surface area contributed by atoms with Gasteiger partial charge in [0.15, 0.2) is 15.4 Å². The number of thioether (sulfide) groups is 1. The third kappa shape index (κ3) is 4.86. The molecule has 1 aromatic heterocycles. The van der Waals surface area contributed by atoms with Crippen molar-refractivity contribution < 1.29 is 22.6 Å². The minimum atomic E-state index is -3.36. The molecule has 0 radical (unpaired) electrons. The van der Waals surface area contributed by atoms with E-state index in [1.807, 2.05) is 0 Å². The summed E-state index contributed by atoms with van der Waals surface area (Å²) in [7, 11) is -3.36. The van der Waals surface area contributed by atoms with Crippen molar-refractivity contribution in [1.82, 2.24) is 4.98 Å². The first kappa shape index (κ1) is 21.1. The number of sulfone groups is 1. The summed E-state index contributed by atoms with van der Waals surface area (Å²) in [5.74, 6) is -0.494. The van der Waals surface area contributed by atoms with Crippen LogP contribution in [-0.2, 0) is 14.6 Å². The lowest BCUT2D eigenvalue weighted by atomic mass is 10.3. The SMILES string of the molecule is CCS(=O)(=O)c1ccc2oc(SCC(=O)Nc3ccc([N+](=O)[O-])cc3Cl)nc2c1. The summed E-state index contributed by atoms with van der Waals surface area (Å²) in [6, 6.07) is 8.12. The van der Waals surface area contributed by atoms with E-state index in [0.29, 0.717) is 11.1 Å². The Hall–Kier alpha value is -2.63. The topological polar surface area (TPSA) is 132 Å². The molecule has 3 rings (SSSR count).